The normalized spacial score (nSPS) is 11.7. The van der Waals surface area contributed by atoms with Crippen molar-refractivity contribution in [3.63, 3.8) is 0 Å². The van der Waals surface area contributed by atoms with E-state index in [1.54, 1.807) is 11.7 Å². The molecule has 27 heavy (non-hydrogen) atoms. The van der Waals surface area contributed by atoms with Crippen LogP contribution in [0, 0.1) is 0 Å². The van der Waals surface area contributed by atoms with Crippen LogP contribution in [0.5, 0.6) is 0 Å². The van der Waals surface area contributed by atoms with Gasteiger partial charge >= 0.3 is 0 Å². The highest BCUT2D eigenvalue weighted by Crippen LogP contribution is 2.27. The second-order valence-electron chi connectivity index (χ2n) is 5.95. The number of carbonyl (C=O) groups is 3. The largest absolute Gasteiger partial charge is 0.363 e. The maximum absolute atomic E-state index is 12.8. The molecule has 2 heterocycles. The number of rotatable bonds is 7. The number of amides is 2. The minimum absolute atomic E-state index is 0.170. The molecule has 1 atom stereocenters. The summed E-state index contributed by atoms with van der Waals surface area (Å²) >= 11 is 1.48. The number of aromatic nitrogens is 2. The molecule has 138 valence electrons. The Morgan fingerprint density at radius 3 is 2.56 bits per heavy atom. The lowest BCUT2D eigenvalue weighted by Crippen LogP contribution is -2.47. The quantitative estimate of drug-likeness (QED) is 0.605. The molecule has 2 aromatic heterocycles. The molecule has 0 radical (unpaired) electrons. The number of primary amides is 1. The first kappa shape index (κ1) is 18.5. The molecular weight excluding hydrogens is 364 g/mol. The van der Waals surface area contributed by atoms with Gasteiger partial charge in [-0.05, 0) is 17.0 Å². The SMILES string of the molecule is Cn1ncc(C(=O)NC(Cc2ccccc2)C(=O)C(N)=O)c1-c1cccs1. The average Bonchev–Trinajstić information content (AvgIpc) is 3.30. The van der Waals surface area contributed by atoms with Crippen molar-refractivity contribution in [3.05, 3.63) is 65.2 Å². The van der Waals surface area contributed by atoms with Crippen LogP contribution in [0.4, 0.5) is 0 Å². The lowest BCUT2D eigenvalue weighted by Gasteiger charge is -2.16. The first-order valence-corrected chi connectivity index (χ1v) is 9.09. The number of aryl methyl sites for hydroxylation is 1. The molecule has 3 N–H and O–H groups in total. The van der Waals surface area contributed by atoms with Crippen molar-refractivity contribution >= 4 is 28.9 Å². The second kappa shape index (κ2) is 7.96. The number of thiophene rings is 1. The van der Waals surface area contributed by atoms with Crippen molar-refractivity contribution in [2.75, 3.05) is 0 Å². The van der Waals surface area contributed by atoms with Gasteiger partial charge in [0.05, 0.1) is 22.3 Å². The summed E-state index contributed by atoms with van der Waals surface area (Å²) in [5.41, 5.74) is 6.94. The fourth-order valence-corrected chi connectivity index (χ4v) is 3.59. The van der Waals surface area contributed by atoms with E-state index in [2.05, 4.69) is 10.4 Å². The first-order chi connectivity index (χ1) is 13.0. The number of carbonyl (C=O) groups excluding carboxylic acids is 3. The minimum Gasteiger partial charge on any atom is -0.363 e. The predicted molar refractivity (Wildman–Crippen MR) is 102 cm³/mol. The Hall–Kier alpha value is -3.26. The second-order valence-corrected chi connectivity index (χ2v) is 6.90. The summed E-state index contributed by atoms with van der Waals surface area (Å²) in [6, 6.07) is 11.8. The van der Waals surface area contributed by atoms with Crippen molar-refractivity contribution in [1.29, 1.82) is 0 Å². The molecule has 1 unspecified atom stereocenters. The molecule has 2 amide bonds. The van der Waals surface area contributed by atoms with Crippen LogP contribution in [0.1, 0.15) is 15.9 Å². The summed E-state index contributed by atoms with van der Waals surface area (Å²) in [5, 5.41) is 8.69. The van der Waals surface area contributed by atoms with Crippen LogP contribution in [0.15, 0.2) is 54.0 Å². The summed E-state index contributed by atoms with van der Waals surface area (Å²) in [4.78, 5) is 37.4. The topological polar surface area (TPSA) is 107 Å². The van der Waals surface area contributed by atoms with Gasteiger partial charge in [0.15, 0.2) is 0 Å². The monoisotopic (exact) mass is 382 g/mol. The number of nitrogens with two attached hydrogens (primary N) is 1. The van der Waals surface area contributed by atoms with Crippen molar-refractivity contribution in [2.24, 2.45) is 12.8 Å². The third kappa shape index (κ3) is 4.12. The van der Waals surface area contributed by atoms with E-state index in [1.165, 1.54) is 17.5 Å². The third-order valence-corrected chi connectivity index (χ3v) is 4.96. The Labute approximate surface area is 159 Å². The number of hydrogen-bond acceptors (Lipinski definition) is 5. The maximum Gasteiger partial charge on any atom is 0.287 e. The highest BCUT2D eigenvalue weighted by molar-refractivity contribution is 7.13. The molecule has 0 fully saturated rings. The Morgan fingerprint density at radius 1 is 1.19 bits per heavy atom. The highest BCUT2D eigenvalue weighted by atomic mass is 32.1. The van der Waals surface area contributed by atoms with Crippen LogP contribution in [0.3, 0.4) is 0 Å². The smallest absolute Gasteiger partial charge is 0.287 e. The van der Waals surface area contributed by atoms with E-state index in [9.17, 15) is 14.4 Å². The molecule has 3 aromatic rings. The summed E-state index contributed by atoms with van der Waals surface area (Å²) < 4.78 is 1.60. The van der Waals surface area contributed by atoms with Crippen LogP contribution in [0.2, 0.25) is 0 Å². The van der Waals surface area contributed by atoms with Gasteiger partial charge in [0.25, 0.3) is 11.8 Å². The molecule has 0 saturated carbocycles. The Morgan fingerprint density at radius 2 is 1.93 bits per heavy atom. The van der Waals surface area contributed by atoms with Crippen molar-refractivity contribution < 1.29 is 14.4 Å². The number of benzene rings is 1. The van der Waals surface area contributed by atoms with Gasteiger partial charge in [0, 0.05) is 13.5 Å². The van der Waals surface area contributed by atoms with E-state index in [1.807, 2.05) is 47.8 Å². The van der Waals surface area contributed by atoms with E-state index >= 15 is 0 Å². The van der Waals surface area contributed by atoms with Crippen molar-refractivity contribution in [2.45, 2.75) is 12.5 Å². The summed E-state index contributed by atoms with van der Waals surface area (Å²) in [5.74, 6) is -2.41. The fraction of sp³-hybridized carbons (Fsp3) is 0.158. The molecule has 8 heteroatoms. The molecular formula is C19H18N4O3S. The van der Waals surface area contributed by atoms with Gasteiger partial charge in [0.2, 0.25) is 5.78 Å². The molecule has 0 aliphatic carbocycles. The van der Waals surface area contributed by atoms with Crippen LogP contribution >= 0.6 is 11.3 Å². The summed E-state index contributed by atoms with van der Waals surface area (Å²) in [7, 11) is 1.74. The van der Waals surface area contributed by atoms with E-state index in [0.29, 0.717) is 11.3 Å². The van der Waals surface area contributed by atoms with Gasteiger partial charge in [-0.2, -0.15) is 5.10 Å². The van der Waals surface area contributed by atoms with E-state index < -0.39 is 23.6 Å². The first-order valence-electron chi connectivity index (χ1n) is 8.21. The van der Waals surface area contributed by atoms with Crippen LogP contribution in [-0.4, -0.2) is 33.4 Å². The van der Waals surface area contributed by atoms with Gasteiger partial charge in [-0.25, -0.2) is 0 Å². The van der Waals surface area contributed by atoms with Gasteiger partial charge < -0.3 is 11.1 Å². The highest BCUT2D eigenvalue weighted by Gasteiger charge is 2.28. The zero-order valence-corrected chi connectivity index (χ0v) is 15.4. The number of Topliss-reactive ketones (excluding diaryl/α,β-unsaturated/α-hetero) is 1. The Bertz CT molecular complexity index is 964. The lowest BCUT2D eigenvalue weighted by atomic mass is 10.0. The molecule has 0 bridgehead atoms. The van der Waals surface area contributed by atoms with E-state index in [4.69, 9.17) is 5.73 Å². The third-order valence-electron chi connectivity index (χ3n) is 4.09. The predicted octanol–water partition coefficient (Wildman–Crippen LogP) is 1.54. The van der Waals surface area contributed by atoms with Crippen molar-refractivity contribution in [1.82, 2.24) is 15.1 Å². The average molecular weight is 382 g/mol. The number of nitrogens with zero attached hydrogens (tertiary/aromatic N) is 2. The van der Waals surface area contributed by atoms with Gasteiger partial charge in [-0.1, -0.05) is 36.4 Å². The van der Waals surface area contributed by atoms with Gasteiger partial charge in [-0.3, -0.25) is 19.1 Å². The number of nitrogens with one attached hydrogen (secondary N) is 1. The lowest BCUT2D eigenvalue weighted by molar-refractivity contribution is -0.137. The fourth-order valence-electron chi connectivity index (χ4n) is 2.78. The van der Waals surface area contributed by atoms with Gasteiger partial charge in [0.1, 0.15) is 6.04 Å². The Balaban J connectivity index is 1.87. The molecule has 0 saturated heterocycles. The molecule has 1 aromatic carbocycles. The zero-order valence-electron chi connectivity index (χ0n) is 14.6. The zero-order chi connectivity index (χ0) is 19.4. The van der Waals surface area contributed by atoms with Crippen LogP contribution < -0.4 is 11.1 Å². The maximum atomic E-state index is 12.8. The molecule has 7 nitrogen and oxygen atoms in total. The molecule has 0 aliphatic heterocycles. The summed E-state index contributed by atoms with van der Waals surface area (Å²) in [6.07, 6.45) is 1.61. The van der Waals surface area contributed by atoms with Gasteiger partial charge in [-0.15, -0.1) is 11.3 Å². The minimum atomic E-state index is -1.08. The Kier molecular flexibility index (Phi) is 5.46. The molecule has 3 rings (SSSR count). The molecule has 0 aliphatic rings. The molecule has 0 spiro atoms. The van der Waals surface area contributed by atoms with E-state index in [0.717, 1.165) is 10.4 Å². The van der Waals surface area contributed by atoms with Crippen LogP contribution in [0.25, 0.3) is 10.6 Å². The summed E-state index contributed by atoms with van der Waals surface area (Å²) in [6.45, 7) is 0. The standard InChI is InChI=1S/C19H18N4O3S/c1-23-16(15-8-5-9-27-15)13(11-21-23)19(26)22-14(17(24)18(20)25)10-12-6-3-2-4-7-12/h2-9,11,14H,10H2,1H3,(H2,20,25)(H,22,26). The van der Waals surface area contributed by atoms with Crippen LogP contribution in [-0.2, 0) is 23.1 Å². The van der Waals surface area contributed by atoms with Crippen molar-refractivity contribution in [3.8, 4) is 10.6 Å². The van der Waals surface area contributed by atoms with E-state index in [-0.39, 0.29) is 6.42 Å². The number of hydrogen-bond donors (Lipinski definition) is 2. The number of ketones is 1.